The van der Waals surface area contributed by atoms with Crippen molar-refractivity contribution in [3.05, 3.63) is 59.4 Å². The Bertz CT molecular complexity index is 698. The maximum Gasteiger partial charge on any atom is 0.335 e. The molecule has 5 nitrogen and oxygen atoms in total. The van der Waals surface area contributed by atoms with Gasteiger partial charge < -0.3 is 10.0 Å². The van der Waals surface area contributed by atoms with Crippen molar-refractivity contribution in [3.63, 3.8) is 0 Å². The van der Waals surface area contributed by atoms with Crippen LogP contribution in [0.15, 0.2) is 42.7 Å². The summed E-state index contributed by atoms with van der Waals surface area (Å²) in [6.07, 6.45) is 4.40. The minimum absolute atomic E-state index is 0.0504. The molecule has 0 fully saturated rings. The van der Waals surface area contributed by atoms with Crippen LogP contribution in [0.3, 0.4) is 0 Å². The first-order valence-corrected chi connectivity index (χ1v) is 6.70. The van der Waals surface area contributed by atoms with Crippen LogP contribution in [-0.4, -0.2) is 22.0 Å². The maximum atomic E-state index is 12.2. The summed E-state index contributed by atoms with van der Waals surface area (Å²) in [4.78, 5) is 29.0. The fourth-order valence-electron chi connectivity index (χ4n) is 2.54. The predicted molar refractivity (Wildman–Crippen MR) is 77.1 cm³/mol. The van der Waals surface area contributed by atoms with Crippen LogP contribution in [0.25, 0.3) is 0 Å². The number of hydrogen-bond donors (Lipinski definition) is 1. The summed E-state index contributed by atoms with van der Waals surface area (Å²) in [7, 11) is 0. The van der Waals surface area contributed by atoms with Crippen LogP contribution in [0.4, 0.5) is 5.69 Å². The van der Waals surface area contributed by atoms with Gasteiger partial charge >= 0.3 is 5.97 Å². The number of aryl methyl sites for hydroxylation is 1. The summed E-state index contributed by atoms with van der Waals surface area (Å²) >= 11 is 0. The van der Waals surface area contributed by atoms with Gasteiger partial charge in [-0.15, -0.1) is 0 Å². The Balaban J connectivity index is 1.95. The molecule has 0 unspecified atom stereocenters. The van der Waals surface area contributed by atoms with Crippen molar-refractivity contribution in [1.82, 2.24) is 4.98 Å². The Labute approximate surface area is 121 Å². The van der Waals surface area contributed by atoms with Gasteiger partial charge in [-0.1, -0.05) is 6.07 Å². The standard InChI is InChI=1S/C16H14N2O3/c19-15-6-4-12-8-13(16(20)21)3-5-14(12)18(15)10-11-2-1-7-17-9-11/h1-3,5,7-9H,4,6,10H2,(H,20,21). The predicted octanol–water partition coefficient (Wildman–Crippen LogP) is 2.26. The van der Waals surface area contributed by atoms with Crippen LogP contribution in [0.2, 0.25) is 0 Å². The molecule has 0 radical (unpaired) electrons. The topological polar surface area (TPSA) is 70.5 Å². The van der Waals surface area contributed by atoms with Gasteiger partial charge in [0.25, 0.3) is 0 Å². The van der Waals surface area contributed by atoms with Crippen LogP contribution >= 0.6 is 0 Å². The van der Waals surface area contributed by atoms with Gasteiger partial charge in [-0.25, -0.2) is 4.79 Å². The third-order valence-electron chi connectivity index (χ3n) is 3.59. The molecule has 106 valence electrons. The molecule has 5 heteroatoms. The van der Waals surface area contributed by atoms with Gasteiger partial charge in [0.15, 0.2) is 0 Å². The average molecular weight is 282 g/mol. The van der Waals surface area contributed by atoms with E-state index >= 15 is 0 Å². The molecule has 2 heterocycles. The molecule has 0 aliphatic carbocycles. The van der Waals surface area contributed by atoms with E-state index in [0.717, 1.165) is 16.8 Å². The molecule has 0 atom stereocenters. The molecule has 1 aromatic carbocycles. The second-order valence-electron chi connectivity index (χ2n) is 4.99. The summed E-state index contributed by atoms with van der Waals surface area (Å²) < 4.78 is 0. The first kappa shape index (κ1) is 13.3. The number of carboxylic acid groups (broad SMARTS) is 1. The zero-order valence-electron chi connectivity index (χ0n) is 11.3. The molecule has 0 saturated heterocycles. The fraction of sp³-hybridized carbons (Fsp3) is 0.188. The van der Waals surface area contributed by atoms with Crippen molar-refractivity contribution in [2.45, 2.75) is 19.4 Å². The number of nitrogens with zero attached hydrogens (tertiary/aromatic N) is 2. The second-order valence-corrected chi connectivity index (χ2v) is 4.99. The number of aromatic nitrogens is 1. The molecule has 3 rings (SSSR count). The fourth-order valence-corrected chi connectivity index (χ4v) is 2.54. The zero-order valence-corrected chi connectivity index (χ0v) is 11.3. The minimum Gasteiger partial charge on any atom is -0.478 e. The summed E-state index contributed by atoms with van der Waals surface area (Å²) in [6, 6.07) is 8.65. The SMILES string of the molecule is O=C(O)c1ccc2c(c1)CCC(=O)N2Cc1cccnc1. The smallest absolute Gasteiger partial charge is 0.335 e. The lowest BCUT2D eigenvalue weighted by atomic mass is 9.98. The van der Waals surface area contributed by atoms with Crippen molar-refractivity contribution in [1.29, 1.82) is 0 Å². The van der Waals surface area contributed by atoms with Gasteiger partial charge in [-0.05, 0) is 41.8 Å². The Morgan fingerprint density at radius 2 is 2.14 bits per heavy atom. The second kappa shape index (κ2) is 5.36. The molecule has 21 heavy (non-hydrogen) atoms. The van der Waals surface area contributed by atoms with Crippen molar-refractivity contribution < 1.29 is 14.7 Å². The highest BCUT2D eigenvalue weighted by molar-refractivity contribution is 5.97. The number of amides is 1. The van der Waals surface area contributed by atoms with Crippen LogP contribution in [0.5, 0.6) is 0 Å². The third kappa shape index (κ3) is 2.63. The molecule has 1 aliphatic heterocycles. The summed E-state index contributed by atoms with van der Waals surface area (Å²) in [5.74, 6) is -0.900. The lowest BCUT2D eigenvalue weighted by Crippen LogP contribution is -2.34. The van der Waals surface area contributed by atoms with E-state index in [0.29, 0.717) is 19.4 Å². The number of hydrogen-bond acceptors (Lipinski definition) is 3. The zero-order chi connectivity index (χ0) is 14.8. The Morgan fingerprint density at radius 3 is 2.86 bits per heavy atom. The first-order chi connectivity index (χ1) is 10.1. The Morgan fingerprint density at radius 1 is 1.29 bits per heavy atom. The van der Waals surface area contributed by atoms with Crippen LogP contribution in [0, 0.1) is 0 Å². The lowest BCUT2D eigenvalue weighted by molar-refractivity contribution is -0.119. The number of rotatable bonds is 3. The summed E-state index contributed by atoms with van der Waals surface area (Å²) in [6.45, 7) is 0.450. The third-order valence-corrected chi connectivity index (χ3v) is 3.59. The van der Waals surface area contributed by atoms with E-state index in [1.54, 1.807) is 29.4 Å². The first-order valence-electron chi connectivity index (χ1n) is 6.70. The molecule has 1 N–H and O–H groups in total. The monoisotopic (exact) mass is 282 g/mol. The number of pyridine rings is 1. The molecule has 1 amide bonds. The molecule has 1 aromatic heterocycles. The molecule has 0 saturated carbocycles. The molecular formula is C16H14N2O3. The Kier molecular flexibility index (Phi) is 3.39. The van der Waals surface area contributed by atoms with Crippen molar-refractivity contribution >= 4 is 17.6 Å². The van der Waals surface area contributed by atoms with Crippen molar-refractivity contribution in [2.75, 3.05) is 4.90 Å². The van der Waals surface area contributed by atoms with E-state index in [-0.39, 0.29) is 11.5 Å². The largest absolute Gasteiger partial charge is 0.478 e. The molecular weight excluding hydrogens is 268 g/mol. The van der Waals surface area contributed by atoms with Gasteiger partial charge in [-0.3, -0.25) is 9.78 Å². The van der Waals surface area contributed by atoms with Gasteiger partial charge in [0.2, 0.25) is 5.91 Å². The molecule has 2 aromatic rings. The van der Waals surface area contributed by atoms with E-state index in [9.17, 15) is 9.59 Å². The number of anilines is 1. The summed E-state index contributed by atoms with van der Waals surface area (Å²) in [5.41, 5.74) is 2.89. The van der Waals surface area contributed by atoms with Crippen LogP contribution in [0.1, 0.15) is 27.9 Å². The highest BCUT2D eigenvalue weighted by Crippen LogP contribution is 2.30. The molecule has 0 spiro atoms. The highest BCUT2D eigenvalue weighted by atomic mass is 16.4. The Hall–Kier alpha value is -2.69. The van der Waals surface area contributed by atoms with Gasteiger partial charge in [0.1, 0.15) is 0 Å². The van der Waals surface area contributed by atoms with Gasteiger partial charge in [0, 0.05) is 24.5 Å². The number of carbonyl (C=O) groups excluding carboxylic acids is 1. The highest BCUT2D eigenvalue weighted by Gasteiger charge is 2.25. The van der Waals surface area contributed by atoms with E-state index < -0.39 is 5.97 Å². The number of fused-ring (bicyclic) bond motifs is 1. The average Bonchev–Trinajstić information content (AvgIpc) is 2.50. The quantitative estimate of drug-likeness (QED) is 0.937. The van der Waals surface area contributed by atoms with Crippen LogP contribution in [-0.2, 0) is 17.8 Å². The van der Waals surface area contributed by atoms with Gasteiger partial charge in [-0.2, -0.15) is 0 Å². The number of carboxylic acids is 1. The van der Waals surface area contributed by atoms with Crippen molar-refractivity contribution in [2.24, 2.45) is 0 Å². The summed E-state index contributed by atoms with van der Waals surface area (Å²) in [5, 5.41) is 9.05. The normalized spacial score (nSPS) is 13.9. The number of aromatic carboxylic acids is 1. The van der Waals surface area contributed by atoms with Gasteiger partial charge in [0.05, 0.1) is 12.1 Å². The molecule has 0 bridgehead atoms. The maximum absolute atomic E-state index is 12.2. The van der Waals surface area contributed by atoms with Crippen LogP contribution < -0.4 is 4.90 Å². The number of benzene rings is 1. The number of carbonyl (C=O) groups is 2. The molecule has 1 aliphatic rings. The lowest BCUT2D eigenvalue weighted by Gasteiger charge is -2.29. The van der Waals surface area contributed by atoms with E-state index in [1.165, 1.54) is 6.07 Å². The van der Waals surface area contributed by atoms with E-state index in [1.807, 2.05) is 12.1 Å². The van der Waals surface area contributed by atoms with E-state index in [2.05, 4.69) is 4.98 Å². The van der Waals surface area contributed by atoms with Crippen molar-refractivity contribution in [3.8, 4) is 0 Å². The van der Waals surface area contributed by atoms with E-state index in [4.69, 9.17) is 5.11 Å². The minimum atomic E-state index is -0.950.